The molecule has 1 rings (SSSR count). The molecule has 0 aliphatic heterocycles. The lowest BCUT2D eigenvalue weighted by atomic mass is 10.0. The van der Waals surface area contributed by atoms with E-state index in [0.717, 1.165) is 12.0 Å². The lowest BCUT2D eigenvalue weighted by Crippen LogP contribution is -2.37. The summed E-state index contributed by atoms with van der Waals surface area (Å²) in [7, 11) is 3.28. The Hall–Kier alpha value is -1.17. The molecule has 16 heavy (non-hydrogen) atoms. The van der Waals surface area contributed by atoms with Crippen LogP contribution in [0.1, 0.15) is 24.9 Å². The van der Waals surface area contributed by atoms with E-state index in [0.29, 0.717) is 5.75 Å². The highest BCUT2D eigenvalue weighted by molar-refractivity contribution is 5.26. The summed E-state index contributed by atoms with van der Waals surface area (Å²) in [6.45, 7) is 2.05. The number of hydrogen-bond acceptors (Lipinski definition) is 5. The van der Waals surface area contributed by atoms with Gasteiger partial charge in [0.25, 0.3) is 0 Å². The lowest BCUT2D eigenvalue weighted by Gasteiger charge is -2.24. The van der Waals surface area contributed by atoms with Crippen molar-refractivity contribution in [2.75, 3.05) is 14.2 Å². The Bertz CT molecular complexity index is 316. The third kappa shape index (κ3) is 2.91. The Balaban J connectivity index is 2.93. The molecule has 0 aliphatic rings. The highest BCUT2D eigenvalue weighted by Crippen LogP contribution is 2.22. The predicted molar refractivity (Wildman–Crippen MR) is 61.9 cm³/mol. The molecule has 0 aliphatic carbocycles. The van der Waals surface area contributed by atoms with E-state index >= 15 is 0 Å². The van der Waals surface area contributed by atoms with Gasteiger partial charge in [0.15, 0.2) is 0 Å². The van der Waals surface area contributed by atoms with Gasteiger partial charge in [-0.3, -0.25) is 16.3 Å². The number of methoxy groups -OCH3 is 2. The molecule has 3 N–H and O–H groups in total. The fourth-order valence-corrected chi connectivity index (χ4v) is 1.67. The Kier molecular flexibility index (Phi) is 5.18. The zero-order valence-corrected chi connectivity index (χ0v) is 9.93. The zero-order chi connectivity index (χ0) is 12.0. The van der Waals surface area contributed by atoms with Crippen LogP contribution in [0, 0.1) is 0 Å². The number of ether oxygens (including phenoxy) is 2. The van der Waals surface area contributed by atoms with Gasteiger partial charge in [-0.1, -0.05) is 6.92 Å². The van der Waals surface area contributed by atoms with Crippen LogP contribution >= 0.6 is 0 Å². The third-order valence-corrected chi connectivity index (χ3v) is 2.59. The summed E-state index contributed by atoms with van der Waals surface area (Å²) in [5.74, 6) is 6.26. The first kappa shape index (κ1) is 12.9. The number of nitrogens with two attached hydrogens (primary N) is 1. The van der Waals surface area contributed by atoms with Crippen molar-refractivity contribution in [2.24, 2.45) is 5.84 Å². The van der Waals surface area contributed by atoms with Gasteiger partial charge in [-0.05, 0) is 18.1 Å². The predicted octanol–water partition coefficient (Wildman–Crippen LogP) is 1.02. The molecule has 0 fully saturated rings. The molecule has 0 saturated carbocycles. The second-order valence-corrected chi connectivity index (χ2v) is 3.48. The number of aromatic nitrogens is 1. The minimum Gasteiger partial charge on any atom is -0.495 e. The van der Waals surface area contributed by atoms with Gasteiger partial charge in [0.05, 0.1) is 25.5 Å². The molecule has 1 aromatic heterocycles. The minimum atomic E-state index is -0.0856. The number of pyridine rings is 1. The molecule has 90 valence electrons. The van der Waals surface area contributed by atoms with Gasteiger partial charge in [0, 0.05) is 13.3 Å². The normalized spacial score (nSPS) is 14.5. The molecule has 0 bridgehead atoms. The van der Waals surface area contributed by atoms with Gasteiger partial charge in [0.1, 0.15) is 5.75 Å². The standard InChI is InChI=1S/C11H19N3O2/c1-4-10(16-3)11(14-12)8-5-9(15-2)7-13-6-8/h5-7,10-11,14H,4,12H2,1-3H3. The molecule has 5 nitrogen and oxygen atoms in total. The van der Waals surface area contributed by atoms with Crippen LogP contribution in [0.3, 0.4) is 0 Å². The number of nitrogens with one attached hydrogen (secondary N) is 1. The Morgan fingerprint density at radius 3 is 2.69 bits per heavy atom. The Morgan fingerprint density at radius 1 is 1.44 bits per heavy atom. The van der Waals surface area contributed by atoms with Gasteiger partial charge in [-0.25, -0.2) is 0 Å². The third-order valence-electron chi connectivity index (χ3n) is 2.59. The molecule has 0 spiro atoms. The van der Waals surface area contributed by atoms with E-state index in [4.69, 9.17) is 15.3 Å². The monoisotopic (exact) mass is 225 g/mol. The summed E-state index contributed by atoms with van der Waals surface area (Å²) in [4.78, 5) is 4.10. The van der Waals surface area contributed by atoms with E-state index in [9.17, 15) is 0 Å². The van der Waals surface area contributed by atoms with Crippen molar-refractivity contribution in [3.05, 3.63) is 24.0 Å². The highest BCUT2D eigenvalue weighted by Gasteiger charge is 2.20. The molecule has 0 saturated heterocycles. The van der Waals surface area contributed by atoms with Crippen molar-refractivity contribution in [1.29, 1.82) is 0 Å². The van der Waals surface area contributed by atoms with Crippen molar-refractivity contribution < 1.29 is 9.47 Å². The first-order valence-corrected chi connectivity index (χ1v) is 5.24. The van der Waals surface area contributed by atoms with Crippen LogP contribution < -0.4 is 16.0 Å². The van der Waals surface area contributed by atoms with Crippen LogP contribution in [0.5, 0.6) is 5.75 Å². The number of nitrogens with zero attached hydrogens (tertiary/aromatic N) is 1. The number of hydrogen-bond donors (Lipinski definition) is 2. The molecule has 2 unspecified atom stereocenters. The average molecular weight is 225 g/mol. The van der Waals surface area contributed by atoms with Crippen molar-refractivity contribution >= 4 is 0 Å². The largest absolute Gasteiger partial charge is 0.495 e. The summed E-state index contributed by atoms with van der Waals surface area (Å²) in [6.07, 6.45) is 4.29. The SMILES string of the molecule is CCC(OC)C(NN)c1cncc(OC)c1. The summed E-state index contributed by atoms with van der Waals surface area (Å²) in [6, 6.07) is 1.82. The van der Waals surface area contributed by atoms with Crippen LogP contribution in [0.25, 0.3) is 0 Å². The van der Waals surface area contributed by atoms with Gasteiger partial charge < -0.3 is 9.47 Å². The molecule has 5 heteroatoms. The quantitative estimate of drug-likeness (QED) is 0.559. The maximum Gasteiger partial charge on any atom is 0.137 e. The van der Waals surface area contributed by atoms with Crippen molar-refractivity contribution in [3.8, 4) is 5.75 Å². The van der Waals surface area contributed by atoms with Gasteiger partial charge in [-0.15, -0.1) is 0 Å². The Morgan fingerprint density at radius 2 is 2.19 bits per heavy atom. The molecule has 2 atom stereocenters. The second kappa shape index (κ2) is 6.42. The van der Waals surface area contributed by atoms with Gasteiger partial charge in [-0.2, -0.15) is 0 Å². The van der Waals surface area contributed by atoms with Crippen LogP contribution in [-0.4, -0.2) is 25.3 Å². The Labute approximate surface area is 95.9 Å². The average Bonchev–Trinajstić information content (AvgIpc) is 2.35. The van der Waals surface area contributed by atoms with E-state index in [1.165, 1.54) is 0 Å². The van der Waals surface area contributed by atoms with E-state index in [-0.39, 0.29) is 12.1 Å². The minimum absolute atomic E-state index is 0.0129. The van der Waals surface area contributed by atoms with Crippen molar-refractivity contribution in [3.63, 3.8) is 0 Å². The van der Waals surface area contributed by atoms with E-state index < -0.39 is 0 Å². The van der Waals surface area contributed by atoms with Gasteiger partial charge >= 0.3 is 0 Å². The maximum absolute atomic E-state index is 5.55. The van der Waals surface area contributed by atoms with Crippen LogP contribution in [0.2, 0.25) is 0 Å². The molecular weight excluding hydrogens is 206 g/mol. The summed E-state index contributed by atoms with van der Waals surface area (Å²) in [5.41, 5.74) is 3.71. The van der Waals surface area contributed by atoms with Crippen molar-refractivity contribution in [2.45, 2.75) is 25.5 Å². The summed E-state index contributed by atoms with van der Waals surface area (Å²) >= 11 is 0. The summed E-state index contributed by atoms with van der Waals surface area (Å²) in [5, 5.41) is 0. The van der Waals surface area contributed by atoms with E-state index in [2.05, 4.69) is 10.4 Å². The molecular formula is C11H19N3O2. The van der Waals surface area contributed by atoms with E-state index in [1.807, 2.05) is 13.0 Å². The van der Waals surface area contributed by atoms with Gasteiger partial charge in [0.2, 0.25) is 0 Å². The fraction of sp³-hybridized carbons (Fsp3) is 0.545. The first-order valence-electron chi connectivity index (χ1n) is 5.24. The lowest BCUT2D eigenvalue weighted by molar-refractivity contribution is 0.0649. The number of rotatable bonds is 6. The number of hydrazine groups is 1. The first-order chi connectivity index (χ1) is 7.76. The smallest absolute Gasteiger partial charge is 0.137 e. The van der Waals surface area contributed by atoms with E-state index in [1.54, 1.807) is 26.6 Å². The van der Waals surface area contributed by atoms with Crippen LogP contribution in [0.15, 0.2) is 18.5 Å². The molecule has 1 heterocycles. The zero-order valence-electron chi connectivity index (χ0n) is 9.93. The molecule has 0 radical (unpaired) electrons. The fourth-order valence-electron chi connectivity index (χ4n) is 1.67. The topological polar surface area (TPSA) is 69.4 Å². The summed E-state index contributed by atoms with van der Waals surface area (Å²) < 4.78 is 10.5. The molecule has 0 aromatic carbocycles. The molecule has 1 aromatic rings. The highest BCUT2D eigenvalue weighted by atomic mass is 16.5. The van der Waals surface area contributed by atoms with Crippen molar-refractivity contribution in [1.82, 2.24) is 10.4 Å². The van der Waals surface area contributed by atoms with Crippen LogP contribution in [0.4, 0.5) is 0 Å². The maximum atomic E-state index is 5.55. The molecule has 0 amide bonds. The second-order valence-electron chi connectivity index (χ2n) is 3.48. The van der Waals surface area contributed by atoms with Crippen LogP contribution in [-0.2, 0) is 4.74 Å².